The second kappa shape index (κ2) is 4.99. The molecule has 1 aliphatic heterocycles. The molecule has 4 heteroatoms. The first-order chi connectivity index (χ1) is 7.75. The van der Waals surface area contributed by atoms with Gasteiger partial charge < -0.3 is 15.7 Å². The Morgan fingerprint density at radius 3 is 2.81 bits per heavy atom. The Hall–Kier alpha value is -1.55. The highest BCUT2D eigenvalue weighted by Gasteiger charge is 2.09. The van der Waals surface area contributed by atoms with E-state index in [1.807, 2.05) is 31.2 Å². The summed E-state index contributed by atoms with van der Waals surface area (Å²) in [5.74, 6) is 0.783. The first-order valence-electron chi connectivity index (χ1n) is 5.52. The zero-order chi connectivity index (χ0) is 11.4. The van der Waals surface area contributed by atoms with E-state index in [1.165, 1.54) is 5.56 Å². The molecule has 1 heterocycles. The molecule has 1 atom stereocenters. The van der Waals surface area contributed by atoms with E-state index in [-0.39, 0.29) is 0 Å². The van der Waals surface area contributed by atoms with E-state index in [0.29, 0.717) is 6.54 Å². The van der Waals surface area contributed by atoms with Crippen LogP contribution in [0.3, 0.4) is 0 Å². The third-order valence-electron chi connectivity index (χ3n) is 2.60. The summed E-state index contributed by atoms with van der Waals surface area (Å²) in [5, 5.41) is 16.1. The van der Waals surface area contributed by atoms with E-state index < -0.39 is 6.10 Å². The second-order valence-electron chi connectivity index (χ2n) is 3.96. The number of hydrogen-bond donors (Lipinski definition) is 3. The Bertz CT molecular complexity index is 372. The van der Waals surface area contributed by atoms with Crippen LogP contribution in [-0.4, -0.2) is 30.7 Å². The van der Waals surface area contributed by atoms with Crippen LogP contribution >= 0.6 is 0 Å². The molecule has 86 valence electrons. The molecule has 1 aromatic carbocycles. The number of aliphatic hydroxyl groups is 1. The smallest absolute Gasteiger partial charge is 0.191 e. The fourth-order valence-electron chi connectivity index (χ4n) is 1.62. The molecule has 0 radical (unpaired) electrons. The molecule has 0 bridgehead atoms. The Balaban J connectivity index is 1.87. The van der Waals surface area contributed by atoms with Crippen molar-refractivity contribution in [2.24, 2.45) is 4.99 Å². The number of nitrogens with zero attached hydrogens (tertiary/aromatic N) is 1. The van der Waals surface area contributed by atoms with Crippen LogP contribution in [0.1, 0.15) is 17.2 Å². The fraction of sp³-hybridized carbons (Fsp3) is 0.417. The van der Waals surface area contributed by atoms with Crippen LogP contribution in [-0.2, 0) is 0 Å². The maximum Gasteiger partial charge on any atom is 0.191 e. The third kappa shape index (κ3) is 2.73. The molecule has 0 amide bonds. The van der Waals surface area contributed by atoms with Crippen molar-refractivity contribution in [2.45, 2.75) is 13.0 Å². The van der Waals surface area contributed by atoms with Crippen LogP contribution in [0.15, 0.2) is 29.3 Å². The predicted octanol–water partition coefficient (Wildman–Crippen LogP) is 0.577. The number of aryl methyl sites for hydroxylation is 1. The molecule has 1 unspecified atom stereocenters. The molecular weight excluding hydrogens is 202 g/mol. The van der Waals surface area contributed by atoms with Gasteiger partial charge in [-0.2, -0.15) is 0 Å². The predicted molar refractivity (Wildman–Crippen MR) is 64.4 cm³/mol. The van der Waals surface area contributed by atoms with E-state index in [0.717, 1.165) is 24.6 Å². The SMILES string of the molecule is Cc1ccc(C(O)CNC2=NCCN2)cc1. The average molecular weight is 219 g/mol. The van der Waals surface area contributed by atoms with Gasteiger partial charge in [0.25, 0.3) is 0 Å². The largest absolute Gasteiger partial charge is 0.387 e. The van der Waals surface area contributed by atoms with Gasteiger partial charge in [-0.05, 0) is 12.5 Å². The van der Waals surface area contributed by atoms with Gasteiger partial charge in [0.15, 0.2) is 5.96 Å². The van der Waals surface area contributed by atoms with Crippen molar-refractivity contribution in [2.75, 3.05) is 19.6 Å². The van der Waals surface area contributed by atoms with Crippen molar-refractivity contribution in [1.82, 2.24) is 10.6 Å². The quantitative estimate of drug-likeness (QED) is 0.697. The van der Waals surface area contributed by atoms with Crippen LogP contribution in [0.5, 0.6) is 0 Å². The lowest BCUT2D eigenvalue weighted by Gasteiger charge is -2.13. The van der Waals surface area contributed by atoms with Gasteiger partial charge in [0, 0.05) is 13.1 Å². The fourth-order valence-corrected chi connectivity index (χ4v) is 1.62. The molecule has 0 saturated carbocycles. The Morgan fingerprint density at radius 1 is 1.44 bits per heavy atom. The summed E-state index contributed by atoms with van der Waals surface area (Å²) >= 11 is 0. The van der Waals surface area contributed by atoms with Gasteiger partial charge in [-0.25, -0.2) is 0 Å². The molecular formula is C12H17N3O. The van der Waals surface area contributed by atoms with Crippen molar-refractivity contribution in [3.8, 4) is 0 Å². The van der Waals surface area contributed by atoms with Crippen molar-refractivity contribution in [3.63, 3.8) is 0 Å². The summed E-state index contributed by atoms with van der Waals surface area (Å²) in [7, 11) is 0. The average Bonchev–Trinajstić information content (AvgIpc) is 2.80. The van der Waals surface area contributed by atoms with Crippen LogP contribution in [0, 0.1) is 6.92 Å². The molecule has 0 aromatic heterocycles. The summed E-state index contributed by atoms with van der Waals surface area (Å²) in [5.41, 5.74) is 2.13. The minimum absolute atomic E-state index is 0.481. The number of nitrogens with one attached hydrogen (secondary N) is 2. The summed E-state index contributed by atoms with van der Waals surface area (Å²) in [6, 6.07) is 7.91. The summed E-state index contributed by atoms with van der Waals surface area (Å²) in [4.78, 5) is 4.20. The zero-order valence-corrected chi connectivity index (χ0v) is 9.40. The topological polar surface area (TPSA) is 56.6 Å². The minimum Gasteiger partial charge on any atom is -0.387 e. The van der Waals surface area contributed by atoms with Gasteiger partial charge >= 0.3 is 0 Å². The molecule has 0 fully saturated rings. The normalized spacial score (nSPS) is 16.5. The number of aliphatic hydroxyl groups excluding tert-OH is 1. The number of benzene rings is 1. The summed E-state index contributed by atoms with van der Waals surface area (Å²) < 4.78 is 0. The highest BCUT2D eigenvalue weighted by Crippen LogP contribution is 2.12. The summed E-state index contributed by atoms with van der Waals surface area (Å²) in [6.45, 7) is 4.20. The van der Waals surface area contributed by atoms with Gasteiger partial charge in [0.2, 0.25) is 0 Å². The van der Waals surface area contributed by atoms with Crippen LogP contribution < -0.4 is 10.6 Å². The molecule has 0 spiro atoms. The number of rotatable bonds is 3. The van der Waals surface area contributed by atoms with Gasteiger partial charge in [0.05, 0.1) is 12.6 Å². The standard InChI is InChI=1S/C12H17N3O/c1-9-2-4-10(5-3-9)11(16)8-15-12-13-6-7-14-12/h2-5,11,16H,6-8H2,1H3,(H2,13,14,15). The minimum atomic E-state index is -0.495. The van der Waals surface area contributed by atoms with Crippen LogP contribution in [0.4, 0.5) is 0 Å². The lowest BCUT2D eigenvalue weighted by molar-refractivity contribution is 0.181. The molecule has 16 heavy (non-hydrogen) atoms. The molecule has 0 saturated heterocycles. The molecule has 4 nitrogen and oxygen atoms in total. The first-order valence-corrected chi connectivity index (χ1v) is 5.52. The lowest BCUT2D eigenvalue weighted by atomic mass is 10.1. The van der Waals surface area contributed by atoms with Crippen LogP contribution in [0.2, 0.25) is 0 Å². The Kier molecular flexibility index (Phi) is 3.41. The molecule has 0 aliphatic carbocycles. The van der Waals surface area contributed by atoms with E-state index in [1.54, 1.807) is 0 Å². The molecule has 3 N–H and O–H groups in total. The van der Waals surface area contributed by atoms with Crippen molar-refractivity contribution >= 4 is 5.96 Å². The molecule has 1 aromatic rings. The first kappa shape index (κ1) is 11.0. The van der Waals surface area contributed by atoms with Gasteiger partial charge in [-0.3, -0.25) is 4.99 Å². The molecule has 2 rings (SSSR count). The van der Waals surface area contributed by atoms with E-state index >= 15 is 0 Å². The van der Waals surface area contributed by atoms with Crippen LogP contribution in [0.25, 0.3) is 0 Å². The summed E-state index contributed by atoms with van der Waals surface area (Å²) in [6.07, 6.45) is -0.495. The maximum absolute atomic E-state index is 9.93. The van der Waals surface area contributed by atoms with Crippen molar-refractivity contribution in [3.05, 3.63) is 35.4 Å². The van der Waals surface area contributed by atoms with Crippen molar-refractivity contribution < 1.29 is 5.11 Å². The highest BCUT2D eigenvalue weighted by atomic mass is 16.3. The monoisotopic (exact) mass is 219 g/mol. The second-order valence-corrected chi connectivity index (χ2v) is 3.96. The Morgan fingerprint density at radius 2 is 2.19 bits per heavy atom. The van der Waals surface area contributed by atoms with Crippen molar-refractivity contribution in [1.29, 1.82) is 0 Å². The molecule has 1 aliphatic rings. The van der Waals surface area contributed by atoms with Gasteiger partial charge in [-0.15, -0.1) is 0 Å². The number of hydrogen-bond acceptors (Lipinski definition) is 4. The number of aliphatic imine (C=N–C) groups is 1. The number of guanidine groups is 1. The lowest BCUT2D eigenvalue weighted by Crippen LogP contribution is -2.36. The van der Waals surface area contributed by atoms with Gasteiger partial charge in [0.1, 0.15) is 0 Å². The van der Waals surface area contributed by atoms with E-state index in [9.17, 15) is 5.11 Å². The highest BCUT2D eigenvalue weighted by molar-refractivity contribution is 5.81. The van der Waals surface area contributed by atoms with E-state index in [2.05, 4.69) is 15.6 Å². The third-order valence-corrected chi connectivity index (χ3v) is 2.60. The zero-order valence-electron chi connectivity index (χ0n) is 9.40. The maximum atomic E-state index is 9.93. The Labute approximate surface area is 95.4 Å². The van der Waals surface area contributed by atoms with E-state index in [4.69, 9.17) is 0 Å². The van der Waals surface area contributed by atoms with Gasteiger partial charge in [-0.1, -0.05) is 29.8 Å².